The Morgan fingerprint density at radius 1 is 1.53 bits per heavy atom. The molecule has 3 N–H and O–H groups in total. The van der Waals surface area contributed by atoms with Crippen LogP contribution in [0.2, 0.25) is 0 Å². The van der Waals surface area contributed by atoms with Crippen molar-refractivity contribution in [3.05, 3.63) is 47.5 Å². The van der Waals surface area contributed by atoms with E-state index in [2.05, 4.69) is 23.3 Å². The fourth-order valence-corrected chi connectivity index (χ4v) is 1.88. The van der Waals surface area contributed by atoms with E-state index < -0.39 is 0 Å². The van der Waals surface area contributed by atoms with E-state index in [1.165, 1.54) is 0 Å². The molecule has 2 aromatic rings. The number of nitrogens with one attached hydrogen (secondary N) is 1. The molecule has 0 aromatic carbocycles. The predicted molar refractivity (Wildman–Crippen MR) is 67.6 cm³/mol. The van der Waals surface area contributed by atoms with Crippen molar-refractivity contribution in [2.24, 2.45) is 0 Å². The molecule has 0 saturated heterocycles. The van der Waals surface area contributed by atoms with Gasteiger partial charge in [-0.1, -0.05) is 6.92 Å². The number of rotatable bonds is 4. The van der Waals surface area contributed by atoms with Crippen LogP contribution in [0.3, 0.4) is 0 Å². The van der Waals surface area contributed by atoms with Crippen LogP contribution in [0.5, 0.6) is 0 Å². The maximum Gasteiger partial charge on any atom is 0.128 e. The number of aryl methyl sites for hydroxylation is 1. The van der Waals surface area contributed by atoms with Crippen LogP contribution >= 0.6 is 0 Å². The van der Waals surface area contributed by atoms with Crippen molar-refractivity contribution in [1.82, 2.24) is 10.3 Å². The number of pyridine rings is 1. The Kier molecular flexibility index (Phi) is 3.44. The quantitative estimate of drug-likeness (QED) is 0.847. The zero-order valence-electron chi connectivity index (χ0n) is 10.1. The van der Waals surface area contributed by atoms with E-state index in [1.807, 2.05) is 13.0 Å². The van der Waals surface area contributed by atoms with Gasteiger partial charge in [0.1, 0.15) is 5.82 Å². The molecule has 0 radical (unpaired) electrons. The number of nitrogens with zero attached hydrogens (tertiary/aromatic N) is 1. The summed E-state index contributed by atoms with van der Waals surface area (Å²) in [7, 11) is 0. The van der Waals surface area contributed by atoms with Gasteiger partial charge in [-0.2, -0.15) is 0 Å². The SMILES string of the molecule is CCNC(c1ccoc1)c1cc(C)cnc1N. The fourth-order valence-electron chi connectivity index (χ4n) is 1.88. The van der Waals surface area contributed by atoms with Crippen LogP contribution < -0.4 is 11.1 Å². The maximum atomic E-state index is 5.94. The molecule has 0 aliphatic carbocycles. The molecule has 1 unspecified atom stereocenters. The second-order valence-corrected chi connectivity index (χ2v) is 4.03. The average Bonchev–Trinajstić information content (AvgIpc) is 2.83. The van der Waals surface area contributed by atoms with Gasteiger partial charge in [0.25, 0.3) is 0 Å². The summed E-state index contributed by atoms with van der Waals surface area (Å²) in [5.41, 5.74) is 9.10. The highest BCUT2D eigenvalue weighted by Gasteiger charge is 2.17. The van der Waals surface area contributed by atoms with Gasteiger partial charge in [0, 0.05) is 17.3 Å². The van der Waals surface area contributed by atoms with Crippen molar-refractivity contribution in [1.29, 1.82) is 0 Å². The van der Waals surface area contributed by atoms with Gasteiger partial charge in [-0.15, -0.1) is 0 Å². The third kappa shape index (κ3) is 2.47. The summed E-state index contributed by atoms with van der Waals surface area (Å²) in [4.78, 5) is 4.20. The smallest absolute Gasteiger partial charge is 0.128 e. The van der Waals surface area contributed by atoms with E-state index in [4.69, 9.17) is 10.2 Å². The number of hydrogen-bond acceptors (Lipinski definition) is 4. The Morgan fingerprint density at radius 3 is 3.00 bits per heavy atom. The van der Waals surface area contributed by atoms with Crippen molar-refractivity contribution in [2.75, 3.05) is 12.3 Å². The lowest BCUT2D eigenvalue weighted by atomic mass is 10.0. The summed E-state index contributed by atoms with van der Waals surface area (Å²) >= 11 is 0. The van der Waals surface area contributed by atoms with Crippen LogP contribution in [-0.2, 0) is 0 Å². The minimum absolute atomic E-state index is 0.0335. The summed E-state index contributed by atoms with van der Waals surface area (Å²) in [5, 5.41) is 3.39. The summed E-state index contributed by atoms with van der Waals surface area (Å²) in [6.45, 7) is 4.92. The van der Waals surface area contributed by atoms with Crippen molar-refractivity contribution in [3.8, 4) is 0 Å². The third-order valence-electron chi connectivity index (χ3n) is 2.68. The zero-order valence-corrected chi connectivity index (χ0v) is 10.1. The lowest BCUT2D eigenvalue weighted by molar-refractivity contribution is 0.553. The lowest BCUT2D eigenvalue weighted by Crippen LogP contribution is -2.23. The minimum Gasteiger partial charge on any atom is -0.472 e. The zero-order chi connectivity index (χ0) is 12.3. The van der Waals surface area contributed by atoms with Gasteiger partial charge in [-0.3, -0.25) is 0 Å². The van der Waals surface area contributed by atoms with Crippen molar-refractivity contribution < 1.29 is 4.42 Å². The molecule has 0 bridgehead atoms. The normalized spacial score (nSPS) is 12.6. The molecule has 0 fully saturated rings. The van der Waals surface area contributed by atoms with E-state index in [0.717, 1.165) is 23.2 Å². The summed E-state index contributed by atoms with van der Waals surface area (Å²) < 4.78 is 5.13. The molecular weight excluding hydrogens is 214 g/mol. The lowest BCUT2D eigenvalue weighted by Gasteiger charge is -2.18. The number of hydrogen-bond donors (Lipinski definition) is 2. The van der Waals surface area contributed by atoms with E-state index in [-0.39, 0.29) is 6.04 Å². The maximum absolute atomic E-state index is 5.94. The number of anilines is 1. The van der Waals surface area contributed by atoms with Crippen LogP contribution in [-0.4, -0.2) is 11.5 Å². The van der Waals surface area contributed by atoms with Crippen LogP contribution in [0.1, 0.15) is 29.7 Å². The van der Waals surface area contributed by atoms with Gasteiger partial charge in [0.05, 0.1) is 18.6 Å². The predicted octanol–water partition coefficient (Wildman–Crippen LogP) is 2.26. The van der Waals surface area contributed by atoms with Crippen molar-refractivity contribution >= 4 is 5.82 Å². The molecule has 17 heavy (non-hydrogen) atoms. The fraction of sp³-hybridized carbons (Fsp3) is 0.308. The highest BCUT2D eigenvalue weighted by molar-refractivity contribution is 5.46. The van der Waals surface area contributed by atoms with Crippen molar-refractivity contribution in [3.63, 3.8) is 0 Å². The summed E-state index contributed by atoms with van der Waals surface area (Å²) in [5.74, 6) is 0.558. The molecule has 90 valence electrons. The van der Waals surface area contributed by atoms with Gasteiger partial charge >= 0.3 is 0 Å². The first-order chi connectivity index (χ1) is 8.22. The average molecular weight is 231 g/mol. The third-order valence-corrected chi connectivity index (χ3v) is 2.68. The summed E-state index contributed by atoms with van der Waals surface area (Å²) in [6, 6.07) is 4.03. The van der Waals surface area contributed by atoms with Gasteiger partial charge in [0.2, 0.25) is 0 Å². The van der Waals surface area contributed by atoms with Crippen LogP contribution in [0.15, 0.2) is 35.3 Å². The Bertz CT molecular complexity index is 479. The Hall–Kier alpha value is -1.81. The number of furan rings is 1. The first-order valence-corrected chi connectivity index (χ1v) is 5.70. The molecule has 2 rings (SSSR count). The topological polar surface area (TPSA) is 64.1 Å². The minimum atomic E-state index is 0.0335. The molecule has 1 atom stereocenters. The number of nitrogens with two attached hydrogens (primary N) is 1. The van der Waals surface area contributed by atoms with Crippen LogP contribution in [0, 0.1) is 6.92 Å². The van der Waals surface area contributed by atoms with Crippen molar-refractivity contribution in [2.45, 2.75) is 19.9 Å². The molecule has 0 saturated carbocycles. The summed E-state index contributed by atoms with van der Waals surface area (Å²) in [6.07, 6.45) is 5.17. The van der Waals surface area contributed by atoms with E-state index in [9.17, 15) is 0 Å². The van der Waals surface area contributed by atoms with E-state index in [1.54, 1.807) is 18.7 Å². The van der Waals surface area contributed by atoms with Gasteiger partial charge in [0.15, 0.2) is 0 Å². The highest BCUT2D eigenvalue weighted by Crippen LogP contribution is 2.26. The molecule has 4 nitrogen and oxygen atoms in total. The standard InChI is InChI=1S/C13H17N3O/c1-3-15-12(10-4-5-17-8-10)11-6-9(2)7-16-13(11)14/h4-8,12,15H,3H2,1-2H3,(H2,14,16). The van der Waals surface area contributed by atoms with Crippen LogP contribution in [0.25, 0.3) is 0 Å². The Balaban J connectivity index is 2.42. The molecule has 2 heterocycles. The second kappa shape index (κ2) is 5.01. The molecule has 4 heteroatoms. The van der Waals surface area contributed by atoms with Crippen LogP contribution in [0.4, 0.5) is 5.82 Å². The van der Waals surface area contributed by atoms with Gasteiger partial charge in [-0.05, 0) is 31.2 Å². The second-order valence-electron chi connectivity index (χ2n) is 4.03. The van der Waals surface area contributed by atoms with Gasteiger partial charge < -0.3 is 15.5 Å². The first-order valence-electron chi connectivity index (χ1n) is 5.70. The molecule has 0 aliphatic heterocycles. The largest absolute Gasteiger partial charge is 0.472 e. The monoisotopic (exact) mass is 231 g/mol. The Morgan fingerprint density at radius 2 is 2.35 bits per heavy atom. The van der Waals surface area contributed by atoms with E-state index >= 15 is 0 Å². The molecule has 0 aliphatic rings. The molecule has 2 aromatic heterocycles. The Labute approximate surface area is 101 Å². The molecule has 0 spiro atoms. The first kappa shape index (κ1) is 11.7. The molecule has 0 amide bonds. The number of aromatic nitrogens is 1. The van der Waals surface area contributed by atoms with Gasteiger partial charge in [-0.25, -0.2) is 4.98 Å². The highest BCUT2D eigenvalue weighted by atomic mass is 16.3. The number of nitrogen functional groups attached to an aromatic ring is 1. The molecular formula is C13H17N3O. The van der Waals surface area contributed by atoms with E-state index in [0.29, 0.717) is 5.82 Å².